The molecule has 4 rings (SSSR count). The number of nitrogens with zero attached hydrogens (tertiary/aromatic N) is 3. The van der Waals surface area contributed by atoms with E-state index in [1.165, 1.54) is 45.0 Å². The van der Waals surface area contributed by atoms with Crippen LogP contribution < -0.4 is 4.90 Å². The largest absolute Gasteiger partial charge is 0.369 e. The molecule has 0 saturated carbocycles. The normalized spacial score (nSPS) is 21.6. The summed E-state index contributed by atoms with van der Waals surface area (Å²) >= 11 is 0. The second kappa shape index (κ2) is 9.09. The van der Waals surface area contributed by atoms with E-state index < -0.39 is 20.0 Å². The summed E-state index contributed by atoms with van der Waals surface area (Å²) in [5.74, 6) is -0.310. The van der Waals surface area contributed by atoms with E-state index in [1.54, 1.807) is 12.1 Å². The first-order valence-electron chi connectivity index (χ1n) is 10.8. The summed E-state index contributed by atoms with van der Waals surface area (Å²) in [5.41, 5.74) is 0.852. The van der Waals surface area contributed by atoms with Gasteiger partial charge in [-0.2, -0.15) is 8.61 Å². The molecule has 0 spiro atoms. The van der Waals surface area contributed by atoms with Crippen molar-refractivity contribution >= 4 is 25.7 Å². The van der Waals surface area contributed by atoms with Gasteiger partial charge in [0.25, 0.3) is 0 Å². The fourth-order valence-corrected chi connectivity index (χ4v) is 7.46. The number of sulfonamides is 2. The van der Waals surface area contributed by atoms with Crippen LogP contribution in [-0.2, 0) is 20.0 Å². The Hall–Kier alpha value is -2.01. The number of halogens is 1. The molecule has 174 valence electrons. The number of benzene rings is 2. The molecule has 2 fully saturated rings. The zero-order chi connectivity index (χ0) is 22.9. The number of piperidine rings is 1. The summed E-state index contributed by atoms with van der Waals surface area (Å²) in [5, 5.41) is 0. The minimum Gasteiger partial charge on any atom is -0.369 e. The molecule has 0 amide bonds. The van der Waals surface area contributed by atoms with Crippen LogP contribution in [0.15, 0.2) is 58.3 Å². The van der Waals surface area contributed by atoms with Crippen LogP contribution in [-0.4, -0.2) is 64.2 Å². The van der Waals surface area contributed by atoms with Crippen molar-refractivity contribution in [3.63, 3.8) is 0 Å². The topological polar surface area (TPSA) is 78.0 Å². The maximum Gasteiger partial charge on any atom is 0.243 e. The Labute approximate surface area is 189 Å². The third-order valence-electron chi connectivity index (χ3n) is 6.24. The van der Waals surface area contributed by atoms with Crippen molar-refractivity contribution in [2.24, 2.45) is 0 Å². The number of piperazine rings is 1. The fraction of sp³-hybridized carbons (Fsp3) is 0.455. The standard InChI is InChI=1S/C22H28FN3O4S2/c1-18-4-2-3-13-26(18)32(29,30)22-11-9-21(10-12-22)31(27,28)25-16-14-24(15-17-25)20-7-5-19(23)6-8-20/h5-12,18H,2-4,13-17H2,1H3/t18-/m0/s1. The van der Waals surface area contributed by atoms with Gasteiger partial charge >= 0.3 is 0 Å². The van der Waals surface area contributed by atoms with Gasteiger partial charge in [-0.3, -0.25) is 0 Å². The van der Waals surface area contributed by atoms with E-state index in [4.69, 9.17) is 0 Å². The molecule has 2 aliphatic rings. The molecule has 0 aromatic heterocycles. The summed E-state index contributed by atoms with van der Waals surface area (Å²) in [7, 11) is -7.38. The molecule has 1 atom stereocenters. The molecule has 2 aliphatic heterocycles. The lowest BCUT2D eigenvalue weighted by molar-refractivity contribution is 0.268. The van der Waals surface area contributed by atoms with Gasteiger partial charge < -0.3 is 4.90 Å². The Morgan fingerprint density at radius 3 is 1.88 bits per heavy atom. The lowest BCUT2D eigenvalue weighted by Gasteiger charge is -2.35. The predicted octanol–water partition coefficient (Wildman–Crippen LogP) is 2.90. The van der Waals surface area contributed by atoms with E-state index in [0.29, 0.717) is 32.7 Å². The summed E-state index contributed by atoms with van der Waals surface area (Å²) in [6.07, 6.45) is 2.67. The van der Waals surface area contributed by atoms with Crippen LogP contribution in [0.5, 0.6) is 0 Å². The Morgan fingerprint density at radius 2 is 1.31 bits per heavy atom. The minimum absolute atomic E-state index is 0.0606. The van der Waals surface area contributed by atoms with E-state index >= 15 is 0 Å². The van der Waals surface area contributed by atoms with Crippen molar-refractivity contribution in [3.8, 4) is 0 Å². The highest BCUT2D eigenvalue weighted by Crippen LogP contribution is 2.27. The highest BCUT2D eigenvalue weighted by atomic mass is 32.2. The second-order valence-electron chi connectivity index (χ2n) is 8.30. The molecule has 32 heavy (non-hydrogen) atoms. The Balaban J connectivity index is 1.46. The van der Waals surface area contributed by atoms with Crippen LogP contribution in [0.3, 0.4) is 0 Å². The van der Waals surface area contributed by atoms with Gasteiger partial charge in [-0.15, -0.1) is 0 Å². The molecule has 0 aliphatic carbocycles. The highest BCUT2D eigenvalue weighted by molar-refractivity contribution is 7.89. The zero-order valence-electron chi connectivity index (χ0n) is 18.0. The molecule has 2 aromatic carbocycles. The molecular formula is C22H28FN3O4S2. The summed E-state index contributed by atoms with van der Waals surface area (Å²) in [6.45, 7) is 3.97. The molecule has 10 heteroatoms. The van der Waals surface area contributed by atoms with Crippen molar-refractivity contribution < 1.29 is 21.2 Å². The Kier molecular flexibility index (Phi) is 6.58. The van der Waals surface area contributed by atoms with E-state index in [9.17, 15) is 21.2 Å². The van der Waals surface area contributed by atoms with Gasteiger partial charge in [-0.1, -0.05) is 6.42 Å². The van der Waals surface area contributed by atoms with E-state index in [-0.39, 0.29) is 21.7 Å². The van der Waals surface area contributed by atoms with Gasteiger partial charge in [-0.05, 0) is 68.3 Å². The monoisotopic (exact) mass is 481 g/mol. The average molecular weight is 482 g/mol. The van der Waals surface area contributed by atoms with Crippen LogP contribution in [0.2, 0.25) is 0 Å². The summed E-state index contributed by atoms with van der Waals surface area (Å²) in [4.78, 5) is 2.21. The third-order valence-corrected chi connectivity index (χ3v) is 10.2. The van der Waals surface area contributed by atoms with Gasteiger partial charge in [0.05, 0.1) is 9.79 Å². The summed E-state index contributed by atoms with van der Waals surface area (Å²) in [6, 6.07) is 11.6. The smallest absolute Gasteiger partial charge is 0.243 e. The lowest BCUT2D eigenvalue weighted by Crippen LogP contribution is -2.48. The minimum atomic E-state index is -3.73. The molecule has 2 saturated heterocycles. The second-order valence-corrected chi connectivity index (χ2v) is 12.1. The van der Waals surface area contributed by atoms with Gasteiger partial charge in [0.15, 0.2) is 0 Å². The van der Waals surface area contributed by atoms with Crippen LogP contribution in [0, 0.1) is 5.82 Å². The van der Waals surface area contributed by atoms with Crippen molar-refractivity contribution in [1.82, 2.24) is 8.61 Å². The maximum atomic E-state index is 13.1. The van der Waals surface area contributed by atoms with Crippen molar-refractivity contribution in [1.29, 1.82) is 0 Å². The first kappa shape index (κ1) is 23.2. The molecule has 0 unspecified atom stereocenters. The average Bonchev–Trinajstić information content (AvgIpc) is 2.80. The number of rotatable bonds is 5. The highest BCUT2D eigenvalue weighted by Gasteiger charge is 2.32. The van der Waals surface area contributed by atoms with Gasteiger partial charge in [0, 0.05) is 44.5 Å². The predicted molar refractivity (Wildman–Crippen MR) is 121 cm³/mol. The number of hydrogen-bond donors (Lipinski definition) is 0. The van der Waals surface area contributed by atoms with E-state index in [2.05, 4.69) is 0 Å². The van der Waals surface area contributed by atoms with Crippen molar-refractivity contribution in [2.45, 2.75) is 42.0 Å². The van der Waals surface area contributed by atoms with Gasteiger partial charge in [-0.25, -0.2) is 21.2 Å². The molecule has 7 nitrogen and oxygen atoms in total. The fourth-order valence-electron chi connectivity index (χ4n) is 4.34. The van der Waals surface area contributed by atoms with Gasteiger partial charge in [0.1, 0.15) is 5.82 Å². The van der Waals surface area contributed by atoms with E-state index in [1.807, 2.05) is 11.8 Å². The Morgan fingerprint density at radius 1 is 0.750 bits per heavy atom. The molecule has 0 N–H and O–H groups in total. The van der Waals surface area contributed by atoms with Gasteiger partial charge in [0.2, 0.25) is 20.0 Å². The molecule has 2 heterocycles. The molecule has 0 bridgehead atoms. The van der Waals surface area contributed by atoms with Crippen LogP contribution in [0.4, 0.5) is 10.1 Å². The molecular weight excluding hydrogens is 453 g/mol. The van der Waals surface area contributed by atoms with Crippen molar-refractivity contribution in [2.75, 3.05) is 37.6 Å². The maximum absolute atomic E-state index is 13.1. The van der Waals surface area contributed by atoms with E-state index in [0.717, 1.165) is 24.9 Å². The van der Waals surface area contributed by atoms with Crippen LogP contribution in [0.1, 0.15) is 26.2 Å². The first-order valence-corrected chi connectivity index (χ1v) is 13.7. The first-order chi connectivity index (χ1) is 15.2. The van der Waals surface area contributed by atoms with Crippen LogP contribution in [0.25, 0.3) is 0 Å². The Bertz CT molecular complexity index is 1140. The van der Waals surface area contributed by atoms with Crippen LogP contribution >= 0.6 is 0 Å². The summed E-state index contributed by atoms with van der Waals surface area (Å²) < 4.78 is 68.2. The lowest BCUT2D eigenvalue weighted by atomic mass is 10.1. The zero-order valence-corrected chi connectivity index (χ0v) is 19.7. The SMILES string of the molecule is C[C@H]1CCCCN1S(=O)(=O)c1ccc(S(=O)(=O)N2CCN(c3ccc(F)cc3)CC2)cc1. The molecule has 0 radical (unpaired) electrons. The van der Waals surface area contributed by atoms with Crippen molar-refractivity contribution in [3.05, 3.63) is 54.3 Å². The number of anilines is 1. The third kappa shape index (κ3) is 4.54. The quantitative estimate of drug-likeness (QED) is 0.656. The number of hydrogen-bond acceptors (Lipinski definition) is 5. The molecule has 2 aromatic rings.